The second-order valence-corrected chi connectivity index (χ2v) is 5.52. The highest BCUT2D eigenvalue weighted by molar-refractivity contribution is 5.96. The van der Waals surface area contributed by atoms with Crippen molar-refractivity contribution in [1.82, 2.24) is 15.2 Å². The van der Waals surface area contributed by atoms with Crippen molar-refractivity contribution in [2.24, 2.45) is 0 Å². The molecule has 2 aromatic rings. The number of carbonyl (C=O) groups is 1. The van der Waals surface area contributed by atoms with Gasteiger partial charge in [0.15, 0.2) is 0 Å². The molecule has 5 heteroatoms. The van der Waals surface area contributed by atoms with E-state index in [1.54, 1.807) is 0 Å². The van der Waals surface area contributed by atoms with E-state index in [-0.39, 0.29) is 11.8 Å². The highest BCUT2D eigenvalue weighted by Gasteiger charge is 2.33. The molecule has 104 valence electrons. The van der Waals surface area contributed by atoms with Crippen LogP contribution in [0.25, 0.3) is 0 Å². The molecule has 0 bridgehead atoms. The fourth-order valence-electron chi connectivity index (χ4n) is 2.59. The number of amides is 1. The quantitative estimate of drug-likeness (QED) is 0.931. The summed E-state index contributed by atoms with van der Waals surface area (Å²) in [6.07, 6.45) is 1.97. The molecule has 0 aliphatic carbocycles. The molecule has 1 unspecified atom stereocenters. The van der Waals surface area contributed by atoms with E-state index >= 15 is 0 Å². The van der Waals surface area contributed by atoms with Crippen LogP contribution in [0.15, 0.2) is 30.6 Å². The summed E-state index contributed by atoms with van der Waals surface area (Å²) in [6, 6.07) is 8.23. The molecule has 0 saturated carbocycles. The van der Waals surface area contributed by atoms with Crippen molar-refractivity contribution in [1.29, 1.82) is 0 Å². The number of H-pyrrole nitrogens is 1. The summed E-state index contributed by atoms with van der Waals surface area (Å²) in [5.74, 6) is 1.54. The minimum Gasteiger partial charge on any atom is -0.312 e. The van der Waals surface area contributed by atoms with Crippen molar-refractivity contribution in [3.8, 4) is 0 Å². The van der Waals surface area contributed by atoms with Crippen LogP contribution in [0.1, 0.15) is 43.5 Å². The smallest absolute Gasteiger partial charge is 0.227 e. The van der Waals surface area contributed by atoms with Gasteiger partial charge in [0.1, 0.15) is 12.2 Å². The topological polar surface area (TPSA) is 61.9 Å². The van der Waals surface area contributed by atoms with Gasteiger partial charge in [-0.2, -0.15) is 5.10 Å². The molecule has 1 aliphatic rings. The van der Waals surface area contributed by atoms with E-state index in [1.165, 1.54) is 11.9 Å². The maximum absolute atomic E-state index is 12.2. The molecule has 5 nitrogen and oxygen atoms in total. The summed E-state index contributed by atoms with van der Waals surface area (Å²) >= 11 is 0. The van der Waals surface area contributed by atoms with E-state index < -0.39 is 0 Å². The largest absolute Gasteiger partial charge is 0.312 e. The van der Waals surface area contributed by atoms with Crippen LogP contribution < -0.4 is 4.90 Å². The normalized spacial score (nSPS) is 19.1. The first-order chi connectivity index (χ1) is 9.65. The number of aromatic nitrogens is 3. The number of aromatic amines is 1. The van der Waals surface area contributed by atoms with E-state index in [9.17, 15) is 4.79 Å². The number of rotatable bonds is 3. The Bertz CT molecular complexity index is 589. The zero-order valence-electron chi connectivity index (χ0n) is 11.7. The fourth-order valence-corrected chi connectivity index (χ4v) is 2.59. The third-order valence-electron chi connectivity index (χ3n) is 3.82. The first-order valence-corrected chi connectivity index (χ1v) is 6.90. The minimum atomic E-state index is 0.106. The molecule has 1 atom stereocenters. The van der Waals surface area contributed by atoms with Gasteiger partial charge in [-0.15, -0.1) is 0 Å². The van der Waals surface area contributed by atoms with Gasteiger partial charge in [-0.1, -0.05) is 26.0 Å². The molecular formula is C15H18N4O. The third kappa shape index (κ3) is 2.31. The molecule has 1 saturated heterocycles. The standard InChI is InChI=1S/C15H18N4O/c1-10(2)11-3-5-13(6-4-11)19-8-12(7-14(19)20)15-16-9-17-18-15/h3-6,9-10,12H,7-8H2,1-2H3,(H,16,17,18). The minimum absolute atomic E-state index is 0.106. The lowest BCUT2D eigenvalue weighted by Crippen LogP contribution is -2.24. The van der Waals surface area contributed by atoms with Gasteiger partial charge in [0.05, 0.1) is 0 Å². The Hall–Kier alpha value is -2.17. The molecule has 1 aliphatic heterocycles. The van der Waals surface area contributed by atoms with Crippen molar-refractivity contribution >= 4 is 11.6 Å². The molecular weight excluding hydrogens is 252 g/mol. The van der Waals surface area contributed by atoms with Gasteiger partial charge < -0.3 is 4.90 Å². The van der Waals surface area contributed by atoms with Crippen LogP contribution in [0, 0.1) is 0 Å². The summed E-state index contributed by atoms with van der Waals surface area (Å²) in [4.78, 5) is 18.1. The number of nitrogens with zero attached hydrogens (tertiary/aromatic N) is 3. The van der Waals surface area contributed by atoms with Gasteiger partial charge in [-0.25, -0.2) is 4.98 Å². The number of hydrogen-bond acceptors (Lipinski definition) is 3. The second-order valence-electron chi connectivity index (χ2n) is 5.52. The lowest BCUT2D eigenvalue weighted by molar-refractivity contribution is -0.117. The van der Waals surface area contributed by atoms with Gasteiger partial charge in [0, 0.05) is 24.6 Å². The lowest BCUT2D eigenvalue weighted by Gasteiger charge is -2.17. The highest BCUT2D eigenvalue weighted by Crippen LogP contribution is 2.30. The maximum atomic E-state index is 12.2. The van der Waals surface area contributed by atoms with Crippen molar-refractivity contribution in [2.75, 3.05) is 11.4 Å². The van der Waals surface area contributed by atoms with Crippen LogP contribution in [0.5, 0.6) is 0 Å². The Labute approximate surface area is 118 Å². The zero-order chi connectivity index (χ0) is 14.1. The Balaban J connectivity index is 1.79. The molecule has 1 N–H and O–H groups in total. The highest BCUT2D eigenvalue weighted by atomic mass is 16.2. The number of carbonyl (C=O) groups excluding carboxylic acids is 1. The van der Waals surface area contributed by atoms with E-state index in [1.807, 2.05) is 17.0 Å². The summed E-state index contributed by atoms with van der Waals surface area (Å²) in [5.41, 5.74) is 2.24. The van der Waals surface area contributed by atoms with Crippen LogP contribution in [0.2, 0.25) is 0 Å². The Morgan fingerprint density at radius 3 is 2.65 bits per heavy atom. The van der Waals surface area contributed by atoms with E-state index in [0.717, 1.165) is 11.5 Å². The van der Waals surface area contributed by atoms with Crippen LogP contribution >= 0.6 is 0 Å². The van der Waals surface area contributed by atoms with Crippen LogP contribution in [0.4, 0.5) is 5.69 Å². The van der Waals surface area contributed by atoms with Gasteiger partial charge in [-0.3, -0.25) is 9.89 Å². The summed E-state index contributed by atoms with van der Waals surface area (Å²) in [7, 11) is 0. The van der Waals surface area contributed by atoms with E-state index in [4.69, 9.17) is 0 Å². The molecule has 1 amide bonds. The SMILES string of the molecule is CC(C)c1ccc(N2CC(c3ncn[nH]3)CC2=O)cc1. The monoisotopic (exact) mass is 270 g/mol. The van der Waals surface area contributed by atoms with E-state index in [0.29, 0.717) is 18.9 Å². The average molecular weight is 270 g/mol. The maximum Gasteiger partial charge on any atom is 0.227 e. The van der Waals surface area contributed by atoms with Crippen LogP contribution in [0.3, 0.4) is 0 Å². The molecule has 1 aromatic carbocycles. The van der Waals surface area contributed by atoms with Gasteiger partial charge in [-0.05, 0) is 23.6 Å². The Morgan fingerprint density at radius 2 is 2.05 bits per heavy atom. The van der Waals surface area contributed by atoms with Crippen molar-refractivity contribution in [3.05, 3.63) is 42.0 Å². The van der Waals surface area contributed by atoms with Crippen molar-refractivity contribution < 1.29 is 4.79 Å². The summed E-state index contributed by atoms with van der Waals surface area (Å²) in [6.45, 7) is 4.99. The molecule has 1 fully saturated rings. The van der Waals surface area contributed by atoms with Gasteiger partial charge in [0.2, 0.25) is 5.91 Å². The molecule has 3 rings (SSSR count). The number of nitrogens with one attached hydrogen (secondary N) is 1. The molecule has 0 spiro atoms. The molecule has 0 radical (unpaired) electrons. The first-order valence-electron chi connectivity index (χ1n) is 6.90. The molecule has 20 heavy (non-hydrogen) atoms. The number of benzene rings is 1. The lowest BCUT2D eigenvalue weighted by atomic mass is 10.0. The molecule has 2 heterocycles. The average Bonchev–Trinajstić information content (AvgIpc) is 3.08. The van der Waals surface area contributed by atoms with Crippen molar-refractivity contribution in [3.63, 3.8) is 0 Å². The van der Waals surface area contributed by atoms with Crippen LogP contribution in [-0.2, 0) is 4.79 Å². The zero-order valence-corrected chi connectivity index (χ0v) is 11.7. The van der Waals surface area contributed by atoms with Gasteiger partial charge in [0.25, 0.3) is 0 Å². The predicted molar refractivity (Wildman–Crippen MR) is 76.6 cm³/mol. The number of anilines is 1. The fraction of sp³-hybridized carbons (Fsp3) is 0.400. The van der Waals surface area contributed by atoms with Crippen LogP contribution in [-0.4, -0.2) is 27.6 Å². The first kappa shape index (κ1) is 12.8. The summed E-state index contributed by atoms with van der Waals surface area (Å²) in [5, 5.41) is 6.71. The Kier molecular flexibility index (Phi) is 3.26. The third-order valence-corrected chi connectivity index (χ3v) is 3.82. The summed E-state index contributed by atoms with van der Waals surface area (Å²) < 4.78 is 0. The van der Waals surface area contributed by atoms with Gasteiger partial charge >= 0.3 is 0 Å². The van der Waals surface area contributed by atoms with Crippen molar-refractivity contribution in [2.45, 2.75) is 32.1 Å². The molecule has 1 aromatic heterocycles. The number of hydrogen-bond donors (Lipinski definition) is 1. The predicted octanol–water partition coefficient (Wildman–Crippen LogP) is 2.45. The van der Waals surface area contributed by atoms with E-state index in [2.05, 4.69) is 41.2 Å². The second kappa shape index (κ2) is 5.07. The Morgan fingerprint density at radius 1 is 1.30 bits per heavy atom.